The van der Waals surface area contributed by atoms with Crippen molar-refractivity contribution in [2.75, 3.05) is 4.90 Å². The first-order valence-electron chi connectivity index (χ1n) is 8.61. The van der Waals surface area contributed by atoms with Crippen LogP contribution in [-0.4, -0.2) is 21.8 Å². The second-order valence-electron chi connectivity index (χ2n) is 6.27. The lowest BCUT2D eigenvalue weighted by molar-refractivity contribution is -0.132. The van der Waals surface area contributed by atoms with E-state index < -0.39 is 17.7 Å². The molecule has 2 aromatic carbocycles. The third kappa shape index (κ3) is 3.06. The zero-order valence-electron chi connectivity index (χ0n) is 14.6. The summed E-state index contributed by atoms with van der Waals surface area (Å²) in [6, 6.07) is 19.9. The molecule has 0 radical (unpaired) electrons. The zero-order valence-corrected chi connectivity index (χ0v) is 15.4. The molecule has 6 heteroatoms. The molecule has 0 aliphatic carbocycles. The van der Waals surface area contributed by atoms with Crippen molar-refractivity contribution in [1.29, 1.82) is 0 Å². The molecule has 5 nitrogen and oxygen atoms in total. The average molecular weight is 391 g/mol. The second kappa shape index (κ2) is 7.29. The lowest BCUT2D eigenvalue weighted by atomic mass is 9.96. The van der Waals surface area contributed by atoms with Crippen LogP contribution in [0.1, 0.15) is 17.3 Å². The number of carbonyl (C=O) groups excluding carboxylic acids is 2. The zero-order chi connectivity index (χ0) is 19.7. The number of rotatable bonds is 3. The van der Waals surface area contributed by atoms with Crippen molar-refractivity contribution in [3.05, 3.63) is 101 Å². The van der Waals surface area contributed by atoms with E-state index in [0.717, 1.165) is 0 Å². The van der Waals surface area contributed by atoms with Crippen molar-refractivity contribution < 1.29 is 14.7 Å². The van der Waals surface area contributed by atoms with E-state index in [-0.39, 0.29) is 17.0 Å². The Bertz CT molecular complexity index is 1060. The maximum absolute atomic E-state index is 12.9. The number of nitrogens with zero attached hydrogens (tertiary/aromatic N) is 2. The summed E-state index contributed by atoms with van der Waals surface area (Å²) in [5.74, 6) is -1.77. The lowest BCUT2D eigenvalue weighted by Crippen LogP contribution is -2.29. The van der Waals surface area contributed by atoms with Crippen LogP contribution in [0.25, 0.3) is 5.76 Å². The van der Waals surface area contributed by atoms with Crippen LogP contribution in [0.3, 0.4) is 0 Å². The van der Waals surface area contributed by atoms with E-state index in [9.17, 15) is 14.7 Å². The Morgan fingerprint density at radius 3 is 2.25 bits per heavy atom. The highest BCUT2D eigenvalue weighted by molar-refractivity contribution is 6.51. The Hall–Kier alpha value is -3.44. The van der Waals surface area contributed by atoms with Crippen LogP contribution in [0.15, 0.2) is 84.6 Å². The number of pyridine rings is 1. The van der Waals surface area contributed by atoms with Gasteiger partial charge in [-0.15, -0.1) is 0 Å². The number of halogens is 1. The minimum absolute atomic E-state index is 0.00474. The van der Waals surface area contributed by atoms with Gasteiger partial charge in [-0.1, -0.05) is 48.0 Å². The monoisotopic (exact) mass is 390 g/mol. The van der Waals surface area contributed by atoms with Gasteiger partial charge in [-0.05, 0) is 42.0 Å². The number of para-hydroxylation sites is 1. The van der Waals surface area contributed by atoms with E-state index in [2.05, 4.69) is 4.98 Å². The molecule has 0 bridgehead atoms. The predicted octanol–water partition coefficient (Wildman–Crippen LogP) is 4.36. The fraction of sp³-hybridized carbons (Fsp3) is 0.0455. The number of amides is 1. The van der Waals surface area contributed by atoms with Crippen molar-refractivity contribution in [2.45, 2.75) is 6.04 Å². The molecule has 4 rings (SSSR count). The van der Waals surface area contributed by atoms with Gasteiger partial charge in [0.25, 0.3) is 11.7 Å². The van der Waals surface area contributed by atoms with E-state index >= 15 is 0 Å². The van der Waals surface area contributed by atoms with Gasteiger partial charge in [0.05, 0.1) is 11.6 Å². The van der Waals surface area contributed by atoms with Gasteiger partial charge >= 0.3 is 0 Å². The Morgan fingerprint density at radius 1 is 0.929 bits per heavy atom. The molecule has 2 heterocycles. The molecule has 1 atom stereocenters. The highest BCUT2D eigenvalue weighted by Gasteiger charge is 2.47. The summed E-state index contributed by atoms with van der Waals surface area (Å²) in [4.78, 5) is 31.3. The van der Waals surface area contributed by atoms with E-state index in [4.69, 9.17) is 11.6 Å². The first-order valence-corrected chi connectivity index (χ1v) is 8.98. The first-order chi connectivity index (χ1) is 13.6. The standard InChI is InChI=1S/C22H15ClN2O3/c23-15-11-9-14(10-12-15)19-18(20(26)17-8-4-5-13-24-17)21(27)22(28)25(19)16-6-2-1-3-7-16/h1-13,19,26H/b20-18-. The van der Waals surface area contributed by atoms with Crippen molar-refractivity contribution in [2.24, 2.45) is 0 Å². The fourth-order valence-electron chi connectivity index (χ4n) is 3.29. The van der Waals surface area contributed by atoms with Gasteiger partial charge in [0.1, 0.15) is 5.69 Å². The van der Waals surface area contributed by atoms with Crippen molar-refractivity contribution in [1.82, 2.24) is 4.98 Å². The SMILES string of the molecule is O=C1C(=O)N(c2ccccc2)C(c2ccc(Cl)cc2)/C1=C(/O)c1ccccn1. The maximum atomic E-state index is 12.9. The maximum Gasteiger partial charge on any atom is 0.300 e. The van der Waals surface area contributed by atoms with Crippen LogP contribution in [0.5, 0.6) is 0 Å². The van der Waals surface area contributed by atoms with Crippen LogP contribution in [-0.2, 0) is 9.59 Å². The number of hydrogen-bond donors (Lipinski definition) is 1. The number of aliphatic hydroxyl groups excluding tert-OH is 1. The van der Waals surface area contributed by atoms with Gasteiger partial charge in [-0.25, -0.2) is 0 Å². The average Bonchev–Trinajstić information content (AvgIpc) is 3.00. The van der Waals surface area contributed by atoms with Gasteiger partial charge in [-0.3, -0.25) is 19.5 Å². The summed E-state index contributed by atoms with van der Waals surface area (Å²) in [5.41, 5.74) is 1.44. The normalized spacial score (nSPS) is 18.5. The summed E-state index contributed by atoms with van der Waals surface area (Å²) >= 11 is 6.01. The van der Waals surface area contributed by atoms with E-state index in [1.54, 1.807) is 66.7 Å². The number of benzene rings is 2. The molecule has 138 valence electrons. The Balaban J connectivity index is 1.95. The summed E-state index contributed by atoms with van der Waals surface area (Å²) in [6.07, 6.45) is 1.51. The highest BCUT2D eigenvalue weighted by atomic mass is 35.5. The van der Waals surface area contributed by atoms with E-state index in [1.165, 1.54) is 11.1 Å². The molecule has 0 spiro atoms. The fourth-order valence-corrected chi connectivity index (χ4v) is 3.41. The number of anilines is 1. The quantitative estimate of drug-likeness (QED) is 0.410. The van der Waals surface area contributed by atoms with Crippen LogP contribution >= 0.6 is 11.6 Å². The van der Waals surface area contributed by atoms with Gasteiger partial charge in [-0.2, -0.15) is 0 Å². The molecular formula is C22H15ClN2O3. The molecule has 0 saturated carbocycles. The smallest absolute Gasteiger partial charge is 0.300 e. The molecule has 1 aliphatic rings. The molecule has 1 aromatic heterocycles. The molecule has 1 saturated heterocycles. The summed E-state index contributed by atoms with van der Waals surface area (Å²) < 4.78 is 0. The third-order valence-corrected chi connectivity index (χ3v) is 4.82. The number of hydrogen-bond acceptors (Lipinski definition) is 4. The van der Waals surface area contributed by atoms with Crippen molar-refractivity contribution in [3.63, 3.8) is 0 Å². The molecule has 1 N–H and O–H groups in total. The number of aliphatic hydroxyl groups is 1. The Morgan fingerprint density at radius 2 is 1.61 bits per heavy atom. The van der Waals surface area contributed by atoms with Crippen LogP contribution in [0.4, 0.5) is 5.69 Å². The molecule has 1 fully saturated rings. The molecule has 3 aromatic rings. The van der Waals surface area contributed by atoms with E-state index in [0.29, 0.717) is 16.3 Å². The van der Waals surface area contributed by atoms with Gasteiger partial charge in [0, 0.05) is 16.9 Å². The topological polar surface area (TPSA) is 70.5 Å². The molecule has 1 unspecified atom stereocenters. The number of ketones is 1. The van der Waals surface area contributed by atoms with Gasteiger partial charge < -0.3 is 5.11 Å². The summed E-state index contributed by atoms with van der Waals surface area (Å²) in [6.45, 7) is 0. The Kier molecular flexibility index (Phi) is 4.67. The van der Waals surface area contributed by atoms with Crippen LogP contribution in [0.2, 0.25) is 5.02 Å². The molecular weight excluding hydrogens is 376 g/mol. The molecule has 1 aliphatic heterocycles. The minimum atomic E-state index is -0.790. The van der Waals surface area contributed by atoms with Gasteiger partial charge in [0.15, 0.2) is 5.76 Å². The van der Waals surface area contributed by atoms with Gasteiger partial charge in [0.2, 0.25) is 0 Å². The summed E-state index contributed by atoms with van der Waals surface area (Å²) in [5, 5.41) is 11.4. The molecule has 1 amide bonds. The first kappa shape index (κ1) is 17.9. The van der Waals surface area contributed by atoms with Crippen LogP contribution < -0.4 is 4.90 Å². The predicted molar refractivity (Wildman–Crippen MR) is 107 cm³/mol. The number of carbonyl (C=O) groups is 2. The number of Topliss-reactive ketones (excluding diaryl/α,β-unsaturated/α-hetero) is 1. The lowest BCUT2D eigenvalue weighted by Gasteiger charge is -2.25. The van der Waals surface area contributed by atoms with Crippen molar-refractivity contribution >= 4 is 34.7 Å². The highest BCUT2D eigenvalue weighted by Crippen LogP contribution is 2.41. The van der Waals surface area contributed by atoms with E-state index in [1.807, 2.05) is 6.07 Å². The molecule has 28 heavy (non-hydrogen) atoms. The van der Waals surface area contributed by atoms with Crippen molar-refractivity contribution in [3.8, 4) is 0 Å². The minimum Gasteiger partial charge on any atom is -0.505 e. The van der Waals surface area contributed by atoms with Crippen LogP contribution in [0, 0.1) is 0 Å². The summed E-state index contributed by atoms with van der Waals surface area (Å²) in [7, 11) is 0. The third-order valence-electron chi connectivity index (χ3n) is 4.57. The Labute approximate surface area is 166 Å². The number of aromatic nitrogens is 1. The second-order valence-corrected chi connectivity index (χ2v) is 6.71. The largest absolute Gasteiger partial charge is 0.505 e.